The standard InChI is InChI=1S/C12H25NS/c1-10-7-11(13-5-6-14-4)9-12(2,3)8-10/h10-11,13H,5-9H2,1-4H3. The van der Waals surface area contributed by atoms with Crippen molar-refractivity contribution in [2.24, 2.45) is 11.3 Å². The molecule has 1 aliphatic carbocycles. The van der Waals surface area contributed by atoms with Gasteiger partial charge in [0.15, 0.2) is 0 Å². The van der Waals surface area contributed by atoms with Crippen LogP contribution in [0.5, 0.6) is 0 Å². The van der Waals surface area contributed by atoms with Gasteiger partial charge >= 0.3 is 0 Å². The summed E-state index contributed by atoms with van der Waals surface area (Å²) in [5, 5.41) is 3.69. The summed E-state index contributed by atoms with van der Waals surface area (Å²) >= 11 is 1.93. The summed E-state index contributed by atoms with van der Waals surface area (Å²) in [7, 11) is 0. The van der Waals surface area contributed by atoms with Gasteiger partial charge in [-0.15, -0.1) is 0 Å². The lowest BCUT2D eigenvalue weighted by atomic mass is 9.70. The van der Waals surface area contributed by atoms with Crippen molar-refractivity contribution >= 4 is 11.8 Å². The summed E-state index contributed by atoms with van der Waals surface area (Å²) < 4.78 is 0. The zero-order valence-electron chi connectivity index (χ0n) is 10.1. The third-order valence-corrected chi connectivity index (χ3v) is 3.74. The molecule has 0 aromatic carbocycles. The second-order valence-electron chi connectivity index (χ2n) is 5.56. The normalized spacial score (nSPS) is 31.7. The van der Waals surface area contributed by atoms with Crippen LogP contribution in [-0.2, 0) is 0 Å². The van der Waals surface area contributed by atoms with Crippen LogP contribution in [0.4, 0.5) is 0 Å². The van der Waals surface area contributed by atoms with Crippen molar-refractivity contribution in [1.29, 1.82) is 0 Å². The van der Waals surface area contributed by atoms with E-state index in [1.165, 1.54) is 31.6 Å². The molecule has 0 bridgehead atoms. The molecule has 0 radical (unpaired) electrons. The van der Waals surface area contributed by atoms with E-state index in [2.05, 4.69) is 32.3 Å². The SMILES string of the molecule is CSCCNC1CC(C)CC(C)(C)C1. The van der Waals surface area contributed by atoms with E-state index in [1.54, 1.807) is 0 Å². The molecule has 0 aromatic heterocycles. The molecule has 1 aliphatic rings. The van der Waals surface area contributed by atoms with Gasteiger partial charge in [-0.1, -0.05) is 20.8 Å². The first kappa shape index (κ1) is 12.4. The molecule has 0 amide bonds. The summed E-state index contributed by atoms with van der Waals surface area (Å²) in [6, 6.07) is 0.765. The van der Waals surface area contributed by atoms with Gasteiger partial charge in [0.05, 0.1) is 0 Å². The predicted octanol–water partition coefficient (Wildman–Crippen LogP) is 3.15. The van der Waals surface area contributed by atoms with Crippen LogP contribution >= 0.6 is 11.8 Å². The highest BCUT2D eigenvalue weighted by molar-refractivity contribution is 7.98. The summed E-state index contributed by atoms with van der Waals surface area (Å²) in [5.41, 5.74) is 0.550. The van der Waals surface area contributed by atoms with E-state index >= 15 is 0 Å². The van der Waals surface area contributed by atoms with Gasteiger partial charge in [0, 0.05) is 18.3 Å². The number of thioether (sulfide) groups is 1. The molecule has 1 N–H and O–H groups in total. The van der Waals surface area contributed by atoms with Crippen LogP contribution in [0.15, 0.2) is 0 Å². The lowest BCUT2D eigenvalue weighted by Gasteiger charge is -2.39. The molecule has 0 aliphatic heterocycles. The molecule has 2 atom stereocenters. The highest BCUT2D eigenvalue weighted by atomic mass is 32.2. The van der Waals surface area contributed by atoms with Crippen LogP contribution < -0.4 is 5.32 Å². The van der Waals surface area contributed by atoms with Crippen molar-refractivity contribution < 1.29 is 0 Å². The molecular weight excluding hydrogens is 190 g/mol. The van der Waals surface area contributed by atoms with Crippen molar-refractivity contribution in [1.82, 2.24) is 5.32 Å². The molecule has 1 fully saturated rings. The van der Waals surface area contributed by atoms with Gasteiger partial charge in [0.25, 0.3) is 0 Å². The predicted molar refractivity (Wildman–Crippen MR) is 67.0 cm³/mol. The van der Waals surface area contributed by atoms with Crippen LogP contribution in [0.1, 0.15) is 40.0 Å². The van der Waals surface area contributed by atoms with Crippen molar-refractivity contribution in [2.75, 3.05) is 18.6 Å². The number of rotatable bonds is 4. The minimum absolute atomic E-state index is 0.550. The molecule has 2 unspecified atom stereocenters. The zero-order valence-corrected chi connectivity index (χ0v) is 10.9. The Labute approximate surface area is 93.4 Å². The summed E-state index contributed by atoms with van der Waals surface area (Å²) in [6.07, 6.45) is 6.30. The maximum Gasteiger partial charge on any atom is 0.00750 e. The molecule has 1 nitrogen and oxygen atoms in total. The Morgan fingerprint density at radius 2 is 2.07 bits per heavy atom. The minimum atomic E-state index is 0.550. The Morgan fingerprint density at radius 1 is 1.36 bits per heavy atom. The molecular formula is C12H25NS. The van der Waals surface area contributed by atoms with Crippen LogP contribution in [-0.4, -0.2) is 24.6 Å². The molecule has 2 heteroatoms. The van der Waals surface area contributed by atoms with Crippen molar-refractivity contribution in [3.05, 3.63) is 0 Å². The molecule has 1 rings (SSSR count). The number of hydrogen-bond acceptors (Lipinski definition) is 2. The van der Waals surface area contributed by atoms with Gasteiger partial charge in [-0.25, -0.2) is 0 Å². The zero-order chi connectivity index (χ0) is 10.6. The van der Waals surface area contributed by atoms with E-state index in [0.717, 1.165) is 12.0 Å². The van der Waals surface area contributed by atoms with Crippen molar-refractivity contribution in [2.45, 2.75) is 46.1 Å². The van der Waals surface area contributed by atoms with Gasteiger partial charge in [-0.2, -0.15) is 11.8 Å². The maximum atomic E-state index is 3.69. The fraction of sp³-hybridized carbons (Fsp3) is 1.00. The Hall–Kier alpha value is 0.310. The molecule has 1 saturated carbocycles. The van der Waals surface area contributed by atoms with Gasteiger partial charge in [0.2, 0.25) is 0 Å². The van der Waals surface area contributed by atoms with Crippen LogP contribution in [0.25, 0.3) is 0 Å². The first-order valence-electron chi connectivity index (χ1n) is 5.76. The lowest BCUT2D eigenvalue weighted by Crippen LogP contribution is -2.40. The number of hydrogen-bond donors (Lipinski definition) is 1. The van der Waals surface area contributed by atoms with E-state index in [9.17, 15) is 0 Å². The second-order valence-corrected chi connectivity index (χ2v) is 6.54. The molecule has 14 heavy (non-hydrogen) atoms. The van der Waals surface area contributed by atoms with Gasteiger partial charge in [-0.3, -0.25) is 0 Å². The van der Waals surface area contributed by atoms with Crippen molar-refractivity contribution in [3.63, 3.8) is 0 Å². The fourth-order valence-electron chi connectivity index (χ4n) is 2.87. The molecule has 0 spiro atoms. The monoisotopic (exact) mass is 215 g/mol. The Kier molecular flexibility index (Phi) is 4.78. The molecule has 0 aromatic rings. The van der Waals surface area contributed by atoms with Crippen LogP contribution in [0, 0.1) is 11.3 Å². The third kappa shape index (κ3) is 4.22. The second kappa shape index (κ2) is 5.41. The fourth-order valence-corrected chi connectivity index (χ4v) is 3.19. The van der Waals surface area contributed by atoms with Crippen LogP contribution in [0.2, 0.25) is 0 Å². The van der Waals surface area contributed by atoms with Crippen LogP contribution in [0.3, 0.4) is 0 Å². The minimum Gasteiger partial charge on any atom is -0.313 e. The largest absolute Gasteiger partial charge is 0.313 e. The first-order chi connectivity index (χ1) is 6.53. The Balaban J connectivity index is 2.30. The smallest absolute Gasteiger partial charge is 0.00750 e. The molecule has 84 valence electrons. The summed E-state index contributed by atoms with van der Waals surface area (Å²) in [4.78, 5) is 0. The highest BCUT2D eigenvalue weighted by Crippen LogP contribution is 2.38. The number of nitrogens with one attached hydrogen (secondary N) is 1. The molecule has 0 heterocycles. The first-order valence-corrected chi connectivity index (χ1v) is 7.15. The Bertz CT molecular complexity index is 168. The lowest BCUT2D eigenvalue weighted by molar-refractivity contribution is 0.153. The molecule has 0 saturated heterocycles. The van der Waals surface area contributed by atoms with E-state index < -0.39 is 0 Å². The van der Waals surface area contributed by atoms with Crippen molar-refractivity contribution in [3.8, 4) is 0 Å². The summed E-state index contributed by atoms with van der Waals surface area (Å²) in [6.45, 7) is 8.39. The van der Waals surface area contributed by atoms with E-state index in [4.69, 9.17) is 0 Å². The van der Waals surface area contributed by atoms with E-state index in [0.29, 0.717) is 5.41 Å². The van der Waals surface area contributed by atoms with E-state index in [1.807, 2.05) is 11.8 Å². The highest BCUT2D eigenvalue weighted by Gasteiger charge is 2.31. The quantitative estimate of drug-likeness (QED) is 0.723. The topological polar surface area (TPSA) is 12.0 Å². The maximum absolute atomic E-state index is 3.69. The third-order valence-electron chi connectivity index (χ3n) is 3.13. The van der Waals surface area contributed by atoms with Gasteiger partial charge in [-0.05, 0) is 36.9 Å². The Morgan fingerprint density at radius 3 is 2.64 bits per heavy atom. The summed E-state index contributed by atoms with van der Waals surface area (Å²) in [5.74, 6) is 2.14. The van der Waals surface area contributed by atoms with E-state index in [-0.39, 0.29) is 0 Å². The average Bonchev–Trinajstić information content (AvgIpc) is 2.00. The van der Waals surface area contributed by atoms with Gasteiger partial charge in [0.1, 0.15) is 0 Å². The van der Waals surface area contributed by atoms with Gasteiger partial charge < -0.3 is 5.32 Å². The average molecular weight is 215 g/mol.